The molecule has 1 heterocycles. The smallest absolute Gasteiger partial charge is 0.332 e. The number of nitrogens with zero attached hydrogens (tertiary/aromatic N) is 1. The van der Waals surface area contributed by atoms with E-state index in [1.54, 1.807) is 11.9 Å². The fourth-order valence-electron chi connectivity index (χ4n) is 2.81. The second kappa shape index (κ2) is 7.32. The molecule has 1 N–H and O–H groups in total. The quantitative estimate of drug-likeness (QED) is 0.895. The number of hydrogen-bond acceptors (Lipinski definition) is 3. The Hall–Kier alpha value is -1.59. The molecule has 0 aromatic heterocycles. The minimum absolute atomic E-state index is 0.0452. The zero-order valence-corrected chi connectivity index (χ0v) is 14.3. The van der Waals surface area contributed by atoms with Gasteiger partial charge in [-0.05, 0) is 37.5 Å². The molecule has 0 spiro atoms. The molecule has 1 aromatic rings. The van der Waals surface area contributed by atoms with Crippen molar-refractivity contribution < 1.29 is 19.4 Å². The van der Waals surface area contributed by atoms with Crippen molar-refractivity contribution in [3.05, 3.63) is 34.9 Å². The molecule has 1 fully saturated rings. The first-order valence-corrected chi connectivity index (χ1v) is 8.09. The van der Waals surface area contributed by atoms with Crippen LogP contribution in [0.1, 0.15) is 38.2 Å². The van der Waals surface area contributed by atoms with E-state index in [1.165, 1.54) is 0 Å². The lowest BCUT2D eigenvalue weighted by molar-refractivity contribution is -0.155. The van der Waals surface area contributed by atoms with Crippen LogP contribution in [0.15, 0.2) is 24.3 Å². The molecule has 0 saturated carbocycles. The number of carboxylic acids is 1. The standard InChI is InChI=1S/C17H22ClNO4/c1-10(12-4-6-13(18)7-5-12)11(2)19(3)16(20)14-8-9-15(23-14)17(21)22/h4-7,10-11,14-15H,8-9H2,1-3H3,(H,21,22)/t10?,11?,14-,15+/m0/s1. The number of carbonyl (C=O) groups excluding carboxylic acids is 1. The maximum absolute atomic E-state index is 12.5. The molecular formula is C17H22ClNO4. The molecule has 1 amide bonds. The fourth-order valence-corrected chi connectivity index (χ4v) is 2.93. The van der Waals surface area contributed by atoms with E-state index < -0.39 is 18.2 Å². The molecule has 1 aliphatic heterocycles. The largest absolute Gasteiger partial charge is 0.479 e. The van der Waals surface area contributed by atoms with Crippen LogP contribution in [0, 0.1) is 0 Å². The van der Waals surface area contributed by atoms with Gasteiger partial charge in [0.2, 0.25) is 0 Å². The Bertz CT molecular complexity index is 574. The van der Waals surface area contributed by atoms with Crippen molar-refractivity contribution in [2.75, 3.05) is 7.05 Å². The highest BCUT2D eigenvalue weighted by Crippen LogP contribution is 2.27. The summed E-state index contributed by atoms with van der Waals surface area (Å²) >= 11 is 5.91. The SMILES string of the molecule is CC(c1ccc(Cl)cc1)C(C)N(C)C(=O)[C@@H]1CC[C@H](C(=O)O)O1. The maximum atomic E-state index is 12.5. The van der Waals surface area contributed by atoms with Crippen LogP contribution in [0.25, 0.3) is 0 Å². The predicted molar refractivity (Wildman–Crippen MR) is 87.6 cm³/mol. The van der Waals surface area contributed by atoms with Gasteiger partial charge in [-0.1, -0.05) is 30.7 Å². The molecule has 2 unspecified atom stereocenters. The zero-order valence-electron chi connectivity index (χ0n) is 13.5. The van der Waals surface area contributed by atoms with E-state index in [0.717, 1.165) is 5.56 Å². The number of rotatable bonds is 5. The Kier molecular flexibility index (Phi) is 5.65. The van der Waals surface area contributed by atoms with Crippen LogP contribution >= 0.6 is 11.6 Å². The predicted octanol–water partition coefficient (Wildman–Crippen LogP) is 2.92. The summed E-state index contributed by atoms with van der Waals surface area (Å²) in [4.78, 5) is 25.1. The summed E-state index contributed by atoms with van der Waals surface area (Å²) in [5.41, 5.74) is 1.09. The number of benzene rings is 1. The van der Waals surface area contributed by atoms with Gasteiger partial charge in [0.05, 0.1) is 0 Å². The lowest BCUT2D eigenvalue weighted by Crippen LogP contribution is -2.44. The van der Waals surface area contributed by atoms with Gasteiger partial charge in [-0.2, -0.15) is 0 Å². The topological polar surface area (TPSA) is 66.8 Å². The van der Waals surface area contributed by atoms with Crippen LogP contribution < -0.4 is 0 Å². The third kappa shape index (κ3) is 4.03. The molecule has 23 heavy (non-hydrogen) atoms. The molecule has 5 nitrogen and oxygen atoms in total. The molecule has 6 heteroatoms. The third-order valence-corrected chi connectivity index (χ3v) is 4.90. The lowest BCUT2D eigenvalue weighted by atomic mass is 9.93. The number of hydrogen-bond donors (Lipinski definition) is 1. The molecule has 0 bridgehead atoms. The van der Waals surface area contributed by atoms with Crippen LogP contribution in [0.2, 0.25) is 5.02 Å². The molecule has 126 valence electrons. The van der Waals surface area contributed by atoms with E-state index in [1.807, 2.05) is 38.1 Å². The van der Waals surface area contributed by atoms with Crippen molar-refractivity contribution in [3.63, 3.8) is 0 Å². The van der Waals surface area contributed by atoms with Crippen molar-refractivity contribution in [2.45, 2.75) is 50.9 Å². The van der Waals surface area contributed by atoms with Crippen LogP contribution in [0.4, 0.5) is 0 Å². The molecule has 4 atom stereocenters. The fraction of sp³-hybridized carbons (Fsp3) is 0.529. The second-order valence-electron chi connectivity index (χ2n) is 6.06. The Balaban J connectivity index is 2.01. The minimum atomic E-state index is -1.01. The number of carboxylic acid groups (broad SMARTS) is 1. The lowest BCUT2D eigenvalue weighted by Gasteiger charge is -2.32. The highest BCUT2D eigenvalue weighted by molar-refractivity contribution is 6.30. The van der Waals surface area contributed by atoms with Crippen LogP contribution in [0.5, 0.6) is 0 Å². The van der Waals surface area contributed by atoms with Crippen molar-refractivity contribution in [3.8, 4) is 0 Å². The van der Waals surface area contributed by atoms with Gasteiger partial charge in [-0.25, -0.2) is 4.79 Å². The molecular weight excluding hydrogens is 318 g/mol. The molecule has 1 aliphatic rings. The van der Waals surface area contributed by atoms with E-state index in [0.29, 0.717) is 17.9 Å². The Morgan fingerprint density at radius 3 is 2.30 bits per heavy atom. The zero-order chi connectivity index (χ0) is 17.1. The average molecular weight is 340 g/mol. The average Bonchev–Trinajstić information content (AvgIpc) is 3.03. The monoisotopic (exact) mass is 339 g/mol. The van der Waals surface area contributed by atoms with E-state index in [4.69, 9.17) is 21.4 Å². The Morgan fingerprint density at radius 1 is 1.22 bits per heavy atom. The Labute approximate surface area is 141 Å². The first kappa shape index (κ1) is 17.8. The molecule has 0 radical (unpaired) electrons. The number of ether oxygens (including phenoxy) is 1. The maximum Gasteiger partial charge on any atom is 0.332 e. The van der Waals surface area contributed by atoms with Gasteiger partial charge < -0.3 is 14.7 Å². The van der Waals surface area contributed by atoms with Crippen LogP contribution in [-0.4, -0.2) is 47.2 Å². The third-order valence-electron chi connectivity index (χ3n) is 4.65. The summed E-state index contributed by atoms with van der Waals surface area (Å²) in [6, 6.07) is 7.53. The normalized spacial score (nSPS) is 23.3. The summed E-state index contributed by atoms with van der Waals surface area (Å²) in [6.07, 6.45) is -0.717. The summed E-state index contributed by atoms with van der Waals surface area (Å²) < 4.78 is 5.35. The van der Waals surface area contributed by atoms with Gasteiger partial charge in [-0.3, -0.25) is 4.79 Å². The molecule has 2 rings (SSSR count). The minimum Gasteiger partial charge on any atom is -0.479 e. The van der Waals surface area contributed by atoms with E-state index in [2.05, 4.69) is 0 Å². The van der Waals surface area contributed by atoms with E-state index >= 15 is 0 Å². The van der Waals surface area contributed by atoms with E-state index in [-0.39, 0.29) is 17.9 Å². The van der Waals surface area contributed by atoms with Gasteiger partial charge in [0.25, 0.3) is 5.91 Å². The molecule has 1 saturated heterocycles. The van der Waals surface area contributed by atoms with E-state index in [9.17, 15) is 9.59 Å². The van der Waals surface area contributed by atoms with Gasteiger partial charge in [-0.15, -0.1) is 0 Å². The summed E-state index contributed by atoms with van der Waals surface area (Å²) in [5, 5.41) is 9.64. The van der Waals surface area contributed by atoms with Crippen molar-refractivity contribution in [1.29, 1.82) is 0 Å². The van der Waals surface area contributed by atoms with Gasteiger partial charge >= 0.3 is 5.97 Å². The van der Waals surface area contributed by atoms with Gasteiger partial charge in [0, 0.05) is 24.0 Å². The van der Waals surface area contributed by atoms with Crippen LogP contribution in [0.3, 0.4) is 0 Å². The number of carbonyl (C=O) groups is 2. The van der Waals surface area contributed by atoms with Crippen molar-refractivity contribution in [1.82, 2.24) is 4.90 Å². The number of aliphatic carboxylic acids is 1. The summed E-state index contributed by atoms with van der Waals surface area (Å²) in [7, 11) is 1.73. The number of likely N-dealkylation sites (N-methyl/N-ethyl adjacent to an activating group) is 1. The van der Waals surface area contributed by atoms with Gasteiger partial charge in [0.1, 0.15) is 6.10 Å². The first-order chi connectivity index (χ1) is 10.8. The van der Waals surface area contributed by atoms with Gasteiger partial charge in [0.15, 0.2) is 6.10 Å². The summed E-state index contributed by atoms with van der Waals surface area (Å²) in [5.74, 6) is -1.05. The highest BCUT2D eigenvalue weighted by atomic mass is 35.5. The van der Waals surface area contributed by atoms with Crippen LogP contribution in [-0.2, 0) is 14.3 Å². The van der Waals surface area contributed by atoms with Crippen molar-refractivity contribution >= 4 is 23.5 Å². The number of halogens is 1. The van der Waals surface area contributed by atoms with Crippen molar-refractivity contribution in [2.24, 2.45) is 0 Å². The second-order valence-corrected chi connectivity index (χ2v) is 6.50. The Morgan fingerprint density at radius 2 is 1.78 bits per heavy atom. The number of amides is 1. The molecule has 0 aliphatic carbocycles. The summed E-state index contributed by atoms with van der Waals surface area (Å²) in [6.45, 7) is 4.02. The molecule has 1 aromatic carbocycles. The first-order valence-electron chi connectivity index (χ1n) is 7.71. The highest BCUT2D eigenvalue weighted by Gasteiger charge is 2.37.